The molecule has 0 aromatic rings. The van der Waals surface area contributed by atoms with Gasteiger partial charge in [0.15, 0.2) is 0 Å². The maximum atomic E-state index is 12.8. The Morgan fingerprint density at radius 3 is 2.76 bits per heavy atom. The Bertz CT molecular complexity index is 388. The predicted octanol–water partition coefficient (Wildman–Crippen LogP) is 0.713. The molecule has 4 unspecified atom stereocenters. The van der Waals surface area contributed by atoms with Gasteiger partial charge in [0, 0.05) is 18.5 Å². The minimum absolute atomic E-state index is 0.00263. The zero-order valence-corrected chi connectivity index (χ0v) is 12.9. The molecule has 2 rings (SSSR count). The number of hydrogen-bond acceptors (Lipinski definition) is 4. The quantitative estimate of drug-likeness (QED) is 0.781. The van der Waals surface area contributed by atoms with E-state index in [1.165, 1.54) is 0 Å². The van der Waals surface area contributed by atoms with Crippen molar-refractivity contribution in [3.8, 4) is 0 Å². The Balaban J connectivity index is 2.10. The summed E-state index contributed by atoms with van der Waals surface area (Å²) in [6, 6.07) is 0.0198. The normalized spacial score (nSPS) is 32.9. The molecule has 0 aliphatic carbocycles. The monoisotopic (exact) mass is 298 g/mol. The van der Waals surface area contributed by atoms with Gasteiger partial charge in [-0.25, -0.2) is 0 Å². The van der Waals surface area contributed by atoms with Crippen molar-refractivity contribution in [2.24, 2.45) is 11.8 Å². The van der Waals surface area contributed by atoms with Crippen molar-refractivity contribution in [1.82, 2.24) is 10.2 Å². The lowest BCUT2D eigenvalue weighted by Crippen LogP contribution is -2.51. The van der Waals surface area contributed by atoms with Crippen LogP contribution in [-0.4, -0.2) is 60.3 Å². The van der Waals surface area contributed by atoms with Crippen LogP contribution in [0.2, 0.25) is 0 Å². The van der Waals surface area contributed by atoms with Crippen molar-refractivity contribution in [2.75, 3.05) is 26.3 Å². The van der Waals surface area contributed by atoms with E-state index in [2.05, 4.69) is 12.2 Å². The van der Waals surface area contributed by atoms with Gasteiger partial charge in [0.25, 0.3) is 0 Å². The van der Waals surface area contributed by atoms with Crippen LogP contribution in [-0.2, 0) is 14.3 Å². The molecule has 2 fully saturated rings. The van der Waals surface area contributed by atoms with E-state index in [4.69, 9.17) is 4.74 Å². The highest BCUT2D eigenvalue weighted by molar-refractivity contribution is 5.81. The number of ether oxygens (including phenoxy) is 1. The summed E-state index contributed by atoms with van der Waals surface area (Å²) < 4.78 is 5.33. The molecule has 0 bridgehead atoms. The van der Waals surface area contributed by atoms with Crippen LogP contribution in [0.4, 0.5) is 0 Å². The molecule has 2 aliphatic rings. The average molecular weight is 298 g/mol. The molecular weight excluding hydrogens is 272 g/mol. The first kappa shape index (κ1) is 16.2. The van der Waals surface area contributed by atoms with E-state index in [1.807, 2.05) is 6.92 Å². The van der Waals surface area contributed by atoms with Gasteiger partial charge in [0.05, 0.1) is 19.3 Å². The van der Waals surface area contributed by atoms with Crippen LogP contribution < -0.4 is 5.32 Å². The third-order valence-electron chi connectivity index (χ3n) is 4.49. The molecule has 0 aromatic carbocycles. The highest BCUT2D eigenvalue weighted by Gasteiger charge is 2.41. The van der Waals surface area contributed by atoms with E-state index in [-0.39, 0.29) is 24.5 Å². The molecular formula is C15H26N2O4. The average Bonchev–Trinajstić information content (AvgIpc) is 2.93. The van der Waals surface area contributed by atoms with Crippen LogP contribution in [0.15, 0.2) is 0 Å². The topological polar surface area (TPSA) is 78.9 Å². The summed E-state index contributed by atoms with van der Waals surface area (Å²) >= 11 is 0. The van der Waals surface area contributed by atoms with Gasteiger partial charge in [-0.15, -0.1) is 0 Å². The summed E-state index contributed by atoms with van der Waals surface area (Å²) in [5, 5.41) is 12.7. The number of carbonyl (C=O) groups is 2. The smallest absolute Gasteiger partial charge is 0.311 e. The summed E-state index contributed by atoms with van der Waals surface area (Å²) in [5.74, 6) is -1.36. The number of rotatable bonds is 5. The summed E-state index contributed by atoms with van der Waals surface area (Å²) in [4.78, 5) is 26.0. The lowest BCUT2D eigenvalue weighted by molar-refractivity contribution is -0.146. The zero-order valence-electron chi connectivity index (χ0n) is 12.9. The fourth-order valence-corrected chi connectivity index (χ4v) is 3.36. The molecule has 0 aromatic heterocycles. The van der Waals surface area contributed by atoms with Crippen molar-refractivity contribution in [1.29, 1.82) is 0 Å². The number of piperidine rings is 1. The maximum Gasteiger partial charge on any atom is 0.311 e. The first-order valence-corrected chi connectivity index (χ1v) is 7.89. The number of carboxylic acids is 1. The molecule has 6 nitrogen and oxygen atoms in total. The van der Waals surface area contributed by atoms with Crippen LogP contribution in [0.1, 0.15) is 33.1 Å². The number of aliphatic carboxylic acids is 1. The van der Waals surface area contributed by atoms with Gasteiger partial charge in [0.1, 0.15) is 5.92 Å². The summed E-state index contributed by atoms with van der Waals surface area (Å²) in [5.41, 5.74) is 0. The summed E-state index contributed by atoms with van der Waals surface area (Å²) in [6.45, 7) is 6.09. The summed E-state index contributed by atoms with van der Waals surface area (Å²) in [6.07, 6.45) is 2.48. The van der Waals surface area contributed by atoms with E-state index in [1.54, 1.807) is 4.90 Å². The van der Waals surface area contributed by atoms with Crippen molar-refractivity contribution in [3.05, 3.63) is 0 Å². The number of amides is 1. The lowest BCUT2D eigenvalue weighted by Gasteiger charge is -2.36. The van der Waals surface area contributed by atoms with Crippen LogP contribution in [0.5, 0.6) is 0 Å². The Labute approximate surface area is 125 Å². The minimum Gasteiger partial charge on any atom is -0.481 e. The molecule has 1 amide bonds. The van der Waals surface area contributed by atoms with Gasteiger partial charge in [0.2, 0.25) is 5.91 Å². The fraction of sp³-hybridized carbons (Fsp3) is 0.867. The Hall–Kier alpha value is -1.14. The second-order valence-electron chi connectivity index (χ2n) is 6.16. The molecule has 6 heteroatoms. The second kappa shape index (κ2) is 7.22. The first-order valence-electron chi connectivity index (χ1n) is 7.89. The molecule has 2 heterocycles. The Kier molecular flexibility index (Phi) is 5.58. The number of carboxylic acid groups (broad SMARTS) is 1. The standard InChI is InChI=1S/C15H26N2O4/c1-3-6-17(13-9-21-8-12(13)15(19)20)14(18)11-4-5-16-10(2)7-11/h10-13,16H,3-9H2,1-2H3,(H,19,20). The van der Waals surface area contributed by atoms with Gasteiger partial charge in [-0.2, -0.15) is 0 Å². The van der Waals surface area contributed by atoms with Crippen LogP contribution in [0.25, 0.3) is 0 Å². The number of nitrogens with one attached hydrogen (secondary N) is 1. The van der Waals surface area contributed by atoms with Gasteiger partial charge in [-0.05, 0) is 32.7 Å². The van der Waals surface area contributed by atoms with Crippen LogP contribution in [0.3, 0.4) is 0 Å². The molecule has 0 radical (unpaired) electrons. The van der Waals surface area contributed by atoms with Gasteiger partial charge in [-0.1, -0.05) is 6.92 Å². The molecule has 2 aliphatic heterocycles. The van der Waals surface area contributed by atoms with Crippen molar-refractivity contribution in [2.45, 2.75) is 45.2 Å². The highest BCUT2D eigenvalue weighted by atomic mass is 16.5. The second-order valence-corrected chi connectivity index (χ2v) is 6.16. The minimum atomic E-state index is -0.870. The largest absolute Gasteiger partial charge is 0.481 e. The van der Waals surface area contributed by atoms with Gasteiger partial charge >= 0.3 is 5.97 Å². The van der Waals surface area contributed by atoms with E-state index >= 15 is 0 Å². The van der Waals surface area contributed by atoms with E-state index in [0.29, 0.717) is 19.2 Å². The Morgan fingerprint density at radius 1 is 1.38 bits per heavy atom. The lowest BCUT2D eigenvalue weighted by atomic mass is 9.90. The van der Waals surface area contributed by atoms with Crippen LogP contribution >= 0.6 is 0 Å². The van der Waals surface area contributed by atoms with Gasteiger partial charge < -0.3 is 20.1 Å². The SMILES string of the molecule is CCCN(C(=O)C1CCNC(C)C1)C1COCC1C(=O)O. The van der Waals surface area contributed by atoms with Gasteiger partial charge in [-0.3, -0.25) is 9.59 Å². The van der Waals surface area contributed by atoms with E-state index < -0.39 is 11.9 Å². The summed E-state index contributed by atoms with van der Waals surface area (Å²) in [7, 11) is 0. The Morgan fingerprint density at radius 2 is 2.14 bits per heavy atom. The number of nitrogens with zero attached hydrogens (tertiary/aromatic N) is 1. The molecule has 2 N–H and O–H groups in total. The van der Waals surface area contributed by atoms with Crippen LogP contribution in [0, 0.1) is 11.8 Å². The molecule has 0 spiro atoms. The van der Waals surface area contributed by atoms with E-state index in [0.717, 1.165) is 25.8 Å². The maximum absolute atomic E-state index is 12.8. The molecule has 21 heavy (non-hydrogen) atoms. The van der Waals surface area contributed by atoms with E-state index in [9.17, 15) is 14.7 Å². The first-order chi connectivity index (χ1) is 10.0. The van der Waals surface area contributed by atoms with Crippen molar-refractivity contribution >= 4 is 11.9 Å². The molecule has 2 saturated heterocycles. The fourth-order valence-electron chi connectivity index (χ4n) is 3.36. The predicted molar refractivity (Wildman–Crippen MR) is 77.9 cm³/mol. The number of hydrogen-bond donors (Lipinski definition) is 2. The van der Waals surface area contributed by atoms with Crippen molar-refractivity contribution < 1.29 is 19.4 Å². The highest BCUT2D eigenvalue weighted by Crippen LogP contribution is 2.25. The molecule has 120 valence electrons. The zero-order chi connectivity index (χ0) is 15.4. The third-order valence-corrected chi connectivity index (χ3v) is 4.49. The molecule has 4 atom stereocenters. The van der Waals surface area contributed by atoms with Crippen molar-refractivity contribution in [3.63, 3.8) is 0 Å². The third kappa shape index (κ3) is 3.74. The molecule has 0 saturated carbocycles. The number of carbonyl (C=O) groups excluding carboxylic acids is 1.